The van der Waals surface area contributed by atoms with Crippen molar-refractivity contribution in [2.24, 2.45) is 0 Å². The van der Waals surface area contributed by atoms with Crippen LogP contribution in [0, 0.1) is 0 Å². The highest BCUT2D eigenvalue weighted by Gasteiger charge is 2.22. The lowest BCUT2D eigenvalue weighted by Gasteiger charge is -2.18. The number of carbonyl (C=O) groups excluding carboxylic acids is 2. The van der Waals surface area contributed by atoms with Crippen molar-refractivity contribution in [3.63, 3.8) is 0 Å². The zero-order valence-electron chi connectivity index (χ0n) is 31.3. The zero-order valence-corrected chi connectivity index (χ0v) is 32.2. The van der Waals surface area contributed by atoms with Gasteiger partial charge in [0, 0.05) is 12.8 Å². The smallest absolute Gasteiger partial charge is 0.462 e. The van der Waals surface area contributed by atoms with Gasteiger partial charge in [0.25, 0.3) is 0 Å². The number of allylic oxidation sites excluding steroid dienone is 14. The van der Waals surface area contributed by atoms with E-state index in [2.05, 4.69) is 84.4 Å². The number of hydrogen-bond donors (Lipinski definition) is 3. The van der Waals surface area contributed by atoms with Gasteiger partial charge in [0.1, 0.15) is 6.61 Å². The first-order chi connectivity index (χ1) is 24.7. The van der Waals surface area contributed by atoms with Crippen LogP contribution in [0.5, 0.6) is 0 Å². The van der Waals surface area contributed by atoms with Gasteiger partial charge in [0.2, 0.25) is 0 Å². The SMILES string of the molecule is CC/C=C\C/C=C\C/C=C\CCCCCCCC(=O)O[C@H](COC(=O)CCC/C=C\C/C=C\C/C=C\C/C=C\CC[C@@H](O)CC)COP(=O)(O)O. The van der Waals surface area contributed by atoms with Crippen LogP contribution in [0.15, 0.2) is 85.1 Å². The summed E-state index contributed by atoms with van der Waals surface area (Å²) in [4.78, 5) is 42.7. The topological polar surface area (TPSA) is 140 Å². The van der Waals surface area contributed by atoms with Crippen molar-refractivity contribution in [2.45, 2.75) is 148 Å². The maximum absolute atomic E-state index is 12.4. The number of aliphatic hydroxyl groups is 1. The molecule has 9 nitrogen and oxygen atoms in total. The van der Waals surface area contributed by atoms with Crippen molar-refractivity contribution >= 4 is 19.8 Å². The van der Waals surface area contributed by atoms with Crippen LogP contribution >= 0.6 is 7.82 Å². The molecule has 3 N–H and O–H groups in total. The first-order valence-electron chi connectivity index (χ1n) is 19.0. The van der Waals surface area contributed by atoms with Gasteiger partial charge in [-0.15, -0.1) is 0 Å². The molecule has 0 heterocycles. The largest absolute Gasteiger partial charge is 0.469 e. The summed E-state index contributed by atoms with van der Waals surface area (Å²) in [5.74, 6) is -0.999. The van der Waals surface area contributed by atoms with Crippen molar-refractivity contribution in [1.29, 1.82) is 0 Å². The van der Waals surface area contributed by atoms with Crippen LogP contribution in [0.1, 0.15) is 136 Å². The Bertz CT molecular complexity index is 1110. The number of rotatable bonds is 33. The van der Waals surface area contributed by atoms with Gasteiger partial charge in [-0.3, -0.25) is 14.1 Å². The van der Waals surface area contributed by atoms with Crippen molar-refractivity contribution < 1.29 is 43.0 Å². The fourth-order valence-corrected chi connectivity index (χ4v) is 4.95. The second-order valence-electron chi connectivity index (χ2n) is 12.3. The lowest BCUT2D eigenvalue weighted by Crippen LogP contribution is -2.29. The molecule has 0 aliphatic heterocycles. The van der Waals surface area contributed by atoms with Crippen LogP contribution in [0.3, 0.4) is 0 Å². The van der Waals surface area contributed by atoms with E-state index in [4.69, 9.17) is 19.3 Å². The molecule has 0 saturated heterocycles. The first kappa shape index (κ1) is 48.2. The fourth-order valence-electron chi connectivity index (χ4n) is 4.59. The van der Waals surface area contributed by atoms with E-state index in [-0.39, 0.29) is 25.6 Å². The lowest BCUT2D eigenvalue weighted by molar-refractivity contribution is -0.161. The number of aliphatic hydroxyl groups excluding tert-OH is 1. The van der Waals surface area contributed by atoms with E-state index in [1.165, 1.54) is 0 Å². The van der Waals surface area contributed by atoms with Crippen LogP contribution < -0.4 is 0 Å². The summed E-state index contributed by atoms with van der Waals surface area (Å²) in [6, 6.07) is 0. The predicted octanol–water partition coefficient (Wildman–Crippen LogP) is 10.3. The number of phosphoric acid groups is 1. The third kappa shape index (κ3) is 38.3. The molecular weight excluding hydrogens is 667 g/mol. The highest BCUT2D eigenvalue weighted by molar-refractivity contribution is 7.46. The molecule has 10 heteroatoms. The standard InChI is InChI=1S/C41H67O9P/c1-3-5-6-7-8-9-10-11-12-17-20-23-26-29-32-35-41(44)50-39(37-49-51(45,46)47)36-48-40(43)34-31-28-25-22-19-16-14-13-15-18-21-24-27-30-33-38(42)4-2/h5-6,8-9,11-12,14-16,18,22,24-25,27,38-39,42H,3-4,7,10,13,17,19-21,23,26,28-37H2,1-2H3,(H2,45,46,47)/b6-5-,9-8-,12-11-,16-14-,18-15-,25-22-,27-24-/t38-,39+/m0/s1. The molecule has 290 valence electrons. The molecule has 0 aromatic carbocycles. The molecule has 0 aromatic rings. The number of ether oxygens (including phenoxy) is 2. The molecule has 0 saturated carbocycles. The second-order valence-corrected chi connectivity index (χ2v) is 13.5. The van der Waals surface area contributed by atoms with E-state index in [1.807, 2.05) is 19.1 Å². The zero-order chi connectivity index (χ0) is 37.7. The Labute approximate surface area is 308 Å². The molecule has 0 aliphatic rings. The maximum atomic E-state index is 12.4. The third-order valence-electron chi connectivity index (χ3n) is 7.56. The summed E-state index contributed by atoms with van der Waals surface area (Å²) >= 11 is 0. The Morgan fingerprint density at radius 2 is 1.06 bits per heavy atom. The van der Waals surface area contributed by atoms with Crippen LogP contribution in [0.2, 0.25) is 0 Å². The van der Waals surface area contributed by atoms with E-state index in [1.54, 1.807) is 0 Å². The van der Waals surface area contributed by atoms with Crippen LogP contribution in [0.25, 0.3) is 0 Å². The summed E-state index contributed by atoms with van der Waals surface area (Å²) in [6.07, 6.45) is 43.9. The van der Waals surface area contributed by atoms with E-state index in [9.17, 15) is 19.3 Å². The number of phosphoric ester groups is 1. The Morgan fingerprint density at radius 3 is 1.61 bits per heavy atom. The second kappa shape index (κ2) is 35.6. The number of esters is 2. The monoisotopic (exact) mass is 734 g/mol. The molecule has 0 aromatic heterocycles. The van der Waals surface area contributed by atoms with Crippen LogP contribution in [-0.2, 0) is 28.2 Å². The van der Waals surface area contributed by atoms with Gasteiger partial charge in [0.05, 0.1) is 12.7 Å². The minimum absolute atomic E-state index is 0.169. The molecular formula is C41H67O9P. The summed E-state index contributed by atoms with van der Waals surface area (Å²) < 4.78 is 26.2. The quantitative estimate of drug-likeness (QED) is 0.0260. The number of unbranched alkanes of at least 4 members (excludes halogenated alkanes) is 6. The van der Waals surface area contributed by atoms with Crippen molar-refractivity contribution in [3.8, 4) is 0 Å². The van der Waals surface area contributed by atoms with Crippen LogP contribution in [-0.4, -0.2) is 52.3 Å². The molecule has 0 rings (SSSR count). The highest BCUT2D eigenvalue weighted by atomic mass is 31.2. The summed E-state index contributed by atoms with van der Waals surface area (Å²) in [5.41, 5.74) is 0. The minimum atomic E-state index is -4.78. The molecule has 0 spiro atoms. The summed E-state index contributed by atoms with van der Waals surface area (Å²) in [7, 11) is -4.78. The van der Waals surface area contributed by atoms with Gasteiger partial charge in [0.15, 0.2) is 6.10 Å². The Kier molecular flexibility index (Phi) is 33.6. The van der Waals surface area contributed by atoms with E-state index >= 15 is 0 Å². The van der Waals surface area contributed by atoms with Crippen molar-refractivity contribution in [2.75, 3.05) is 13.2 Å². The summed E-state index contributed by atoms with van der Waals surface area (Å²) in [5, 5.41) is 9.53. The fraction of sp³-hybridized carbons (Fsp3) is 0.610. The molecule has 0 unspecified atom stereocenters. The third-order valence-corrected chi connectivity index (χ3v) is 8.05. The maximum Gasteiger partial charge on any atom is 0.469 e. The molecule has 0 fully saturated rings. The highest BCUT2D eigenvalue weighted by Crippen LogP contribution is 2.35. The Morgan fingerprint density at radius 1 is 0.588 bits per heavy atom. The first-order valence-corrected chi connectivity index (χ1v) is 20.5. The molecule has 0 radical (unpaired) electrons. The molecule has 0 amide bonds. The van der Waals surface area contributed by atoms with Gasteiger partial charge < -0.3 is 24.4 Å². The van der Waals surface area contributed by atoms with Crippen molar-refractivity contribution in [1.82, 2.24) is 0 Å². The molecule has 51 heavy (non-hydrogen) atoms. The Balaban J connectivity index is 4.13. The van der Waals surface area contributed by atoms with Gasteiger partial charge in [-0.1, -0.05) is 118 Å². The number of carbonyl (C=O) groups is 2. The van der Waals surface area contributed by atoms with Gasteiger partial charge in [-0.2, -0.15) is 0 Å². The van der Waals surface area contributed by atoms with Gasteiger partial charge in [-0.25, -0.2) is 4.57 Å². The lowest BCUT2D eigenvalue weighted by atomic mass is 10.1. The van der Waals surface area contributed by atoms with Crippen molar-refractivity contribution in [3.05, 3.63) is 85.1 Å². The normalized spacial score (nSPS) is 14.1. The van der Waals surface area contributed by atoms with Crippen LogP contribution in [0.4, 0.5) is 0 Å². The molecule has 0 bridgehead atoms. The van der Waals surface area contributed by atoms with E-state index in [0.717, 1.165) is 89.9 Å². The Hall–Kier alpha value is -2.81. The average molecular weight is 735 g/mol. The number of hydrogen-bond acceptors (Lipinski definition) is 7. The predicted molar refractivity (Wildman–Crippen MR) is 208 cm³/mol. The minimum Gasteiger partial charge on any atom is -0.462 e. The van der Waals surface area contributed by atoms with E-state index < -0.39 is 32.5 Å². The summed E-state index contributed by atoms with van der Waals surface area (Å²) in [6.45, 7) is 3.21. The van der Waals surface area contributed by atoms with Gasteiger partial charge in [-0.05, 0) is 89.9 Å². The van der Waals surface area contributed by atoms with Gasteiger partial charge >= 0.3 is 19.8 Å². The van der Waals surface area contributed by atoms with E-state index in [0.29, 0.717) is 19.3 Å². The average Bonchev–Trinajstić information content (AvgIpc) is 3.10. The molecule has 2 atom stereocenters. The molecule has 0 aliphatic carbocycles.